The summed E-state index contributed by atoms with van der Waals surface area (Å²) in [5.41, 5.74) is -4.71. The van der Waals surface area contributed by atoms with E-state index < -0.39 is 57.4 Å². The van der Waals surface area contributed by atoms with Crippen LogP contribution in [-0.2, 0) is 19.2 Å². The molecular weight excluding hydrogens is 344 g/mol. The highest BCUT2D eigenvalue weighted by molar-refractivity contribution is 6.00. The molecule has 7 rings (SSSR count). The maximum Gasteiger partial charge on any atom is 0.311 e. The first-order chi connectivity index (χ1) is 12.2. The smallest absolute Gasteiger partial charge is 0.311 e. The Hall–Kier alpha value is -2.38. The van der Waals surface area contributed by atoms with Crippen LogP contribution in [0.2, 0.25) is 0 Å². The molecule has 0 heterocycles. The van der Waals surface area contributed by atoms with Crippen LogP contribution in [0.4, 0.5) is 0 Å². The zero-order chi connectivity index (χ0) is 18.9. The van der Waals surface area contributed by atoms with Crippen LogP contribution >= 0.6 is 0 Å². The van der Waals surface area contributed by atoms with Gasteiger partial charge >= 0.3 is 23.9 Å². The van der Waals surface area contributed by atoms with E-state index in [1.165, 1.54) is 0 Å². The van der Waals surface area contributed by atoms with E-state index in [0.29, 0.717) is 19.3 Å². The molecule has 4 N–H and O–H groups in total. The molecule has 4 bridgehead atoms. The van der Waals surface area contributed by atoms with Crippen LogP contribution in [0.1, 0.15) is 38.5 Å². The number of carboxylic acid groups (broad SMARTS) is 4. The summed E-state index contributed by atoms with van der Waals surface area (Å²) >= 11 is 0. The lowest BCUT2D eigenvalue weighted by Crippen LogP contribution is -2.73. The van der Waals surface area contributed by atoms with Crippen LogP contribution < -0.4 is 0 Å². The van der Waals surface area contributed by atoms with E-state index in [9.17, 15) is 39.6 Å². The minimum atomic E-state index is -1.74. The van der Waals surface area contributed by atoms with E-state index >= 15 is 0 Å². The Morgan fingerprint density at radius 2 is 1.27 bits per heavy atom. The Bertz CT molecular complexity index is 872. The summed E-state index contributed by atoms with van der Waals surface area (Å²) in [4.78, 5) is 49.4. The molecule has 0 aliphatic heterocycles. The minimum Gasteiger partial charge on any atom is -0.481 e. The third kappa shape index (κ3) is 1.05. The van der Waals surface area contributed by atoms with Gasteiger partial charge in [0, 0.05) is 10.8 Å². The monoisotopic (exact) mass is 362 g/mol. The largest absolute Gasteiger partial charge is 0.481 e. The van der Waals surface area contributed by atoms with Crippen LogP contribution in [-0.4, -0.2) is 44.3 Å². The average Bonchev–Trinajstić information content (AvgIpc) is 3.10. The second-order valence-corrected chi connectivity index (χ2v) is 8.48. The second kappa shape index (κ2) is 3.97. The number of rotatable bonds is 4. The third-order valence-corrected chi connectivity index (χ3v) is 8.52. The number of aliphatic carboxylic acids is 4. The van der Waals surface area contributed by atoms with Crippen LogP contribution in [0.5, 0.6) is 0 Å². The van der Waals surface area contributed by atoms with E-state index in [1.807, 2.05) is 0 Å². The Balaban J connectivity index is 1.97. The quantitative estimate of drug-likeness (QED) is 0.545. The number of carbonyl (C=O) groups is 4. The van der Waals surface area contributed by atoms with E-state index in [4.69, 9.17) is 0 Å². The van der Waals surface area contributed by atoms with Gasteiger partial charge in [-0.15, -0.1) is 0 Å². The Morgan fingerprint density at radius 3 is 1.81 bits per heavy atom. The maximum atomic E-state index is 12.6. The highest BCUT2D eigenvalue weighted by Gasteiger charge is 2.99. The molecular formula is C18H18O8. The highest BCUT2D eigenvalue weighted by Crippen LogP contribution is 2.95. The van der Waals surface area contributed by atoms with Gasteiger partial charge in [-0.25, -0.2) is 0 Å². The van der Waals surface area contributed by atoms with E-state index in [2.05, 4.69) is 0 Å². The predicted octanol–water partition coefficient (Wildman–Crippen LogP) is 1.21. The molecule has 0 aromatic rings. The van der Waals surface area contributed by atoms with Crippen molar-refractivity contribution < 1.29 is 39.6 Å². The topological polar surface area (TPSA) is 149 Å². The number of fused-ring (bicyclic) bond motifs is 2. The molecule has 2 spiro atoms. The van der Waals surface area contributed by atoms with E-state index in [-0.39, 0.29) is 19.3 Å². The van der Waals surface area contributed by atoms with Gasteiger partial charge in [0.15, 0.2) is 0 Å². The summed E-state index contributed by atoms with van der Waals surface area (Å²) in [5, 5.41) is 40.3. The SMILES string of the molecule is O=C(O)[C@@H]1[C@@H](C(=O)O)[C@@]23CCCC2=C2CC[C@@]3(C(=O)O)[C@@]3(C(=O)O)C[C@@]213. The molecule has 4 saturated carbocycles. The molecule has 8 heteroatoms. The molecule has 26 heavy (non-hydrogen) atoms. The summed E-state index contributed by atoms with van der Waals surface area (Å²) < 4.78 is 0. The summed E-state index contributed by atoms with van der Waals surface area (Å²) in [6.45, 7) is 0. The summed E-state index contributed by atoms with van der Waals surface area (Å²) in [6.07, 6.45) is 1.68. The Morgan fingerprint density at radius 1 is 0.731 bits per heavy atom. The van der Waals surface area contributed by atoms with Crippen LogP contribution in [0, 0.1) is 33.5 Å². The number of carboxylic acids is 4. The molecule has 0 saturated heterocycles. The molecule has 0 radical (unpaired) electrons. The fourth-order valence-corrected chi connectivity index (χ4v) is 8.23. The van der Waals surface area contributed by atoms with Gasteiger partial charge in [-0.05, 0) is 38.5 Å². The fraction of sp³-hybridized carbons (Fsp3) is 0.667. The first kappa shape index (κ1) is 15.8. The van der Waals surface area contributed by atoms with Gasteiger partial charge < -0.3 is 20.4 Å². The van der Waals surface area contributed by atoms with Crippen molar-refractivity contribution in [3.8, 4) is 0 Å². The number of hydrogen-bond donors (Lipinski definition) is 4. The standard InChI is InChI=1S/C18H18O8/c19-11(20)9-10(12(21)22)16-6-18(16,14(25)26)17(13(23)24)5-3-8(16)7-2-1-4-15(7,9)17/h9-10H,1-6H2,(H,19,20)(H,21,22)(H,23,24)(H,25,26)/t9-,10-,15+,16+,17-,18+/m0/s1. The van der Waals surface area contributed by atoms with Gasteiger partial charge in [0.1, 0.15) is 0 Å². The van der Waals surface area contributed by atoms with E-state index in [1.54, 1.807) is 0 Å². The first-order valence-corrected chi connectivity index (χ1v) is 8.82. The van der Waals surface area contributed by atoms with Gasteiger partial charge in [-0.1, -0.05) is 11.1 Å². The summed E-state index contributed by atoms with van der Waals surface area (Å²) in [6, 6.07) is 0. The van der Waals surface area contributed by atoms with Gasteiger partial charge in [0.25, 0.3) is 0 Å². The Labute approximate surface area is 147 Å². The molecule has 0 unspecified atom stereocenters. The van der Waals surface area contributed by atoms with Crippen molar-refractivity contribution >= 4 is 23.9 Å². The molecule has 0 aromatic carbocycles. The van der Waals surface area contributed by atoms with Crippen LogP contribution in [0.25, 0.3) is 0 Å². The maximum absolute atomic E-state index is 12.6. The van der Waals surface area contributed by atoms with Crippen molar-refractivity contribution in [3.63, 3.8) is 0 Å². The lowest BCUT2D eigenvalue weighted by atomic mass is 9.32. The molecule has 138 valence electrons. The van der Waals surface area contributed by atoms with Crippen molar-refractivity contribution in [2.45, 2.75) is 38.5 Å². The van der Waals surface area contributed by atoms with Crippen LogP contribution in [0.15, 0.2) is 11.1 Å². The zero-order valence-electron chi connectivity index (χ0n) is 13.8. The molecule has 7 aliphatic rings. The molecule has 0 amide bonds. The van der Waals surface area contributed by atoms with Crippen molar-refractivity contribution in [2.24, 2.45) is 33.5 Å². The third-order valence-electron chi connectivity index (χ3n) is 8.52. The molecule has 8 nitrogen and oxygen atoms in total. The zero-order valence-corrected chi connectivity index (χ0v) is 13.8. The average molecular weight is 362 g/mol. The lowest BCUT2D eigenvalue weighted by molar-refractivity contribution is -0.220. The molecule has 7 aliphatic carbocycles. The van der Waals surface area contributed by atoms with Gasteiger partial charge in [-0.2, -0.15) is 0 Å². The lowest BCUT2D eigenvalue weighted by Gasteiger charge is -2.67. The second-order valence-electron chi connectivity index (χ2n) is 8.48. The van der Waals surface area contributed by atoms with Crippen molar-refractivity contribution in [1.29, 1.82) is 0 Å². The fourth-order valence-electron chi connectivity index (χ4n) is 8.23. The number of hydrogen-bond acceptors (Lipinski definition) is 4. The van der Waals surface area contributed by atoms with Crippen molar-refractivity contribution in [1.82, 2.24) is 0 Å². The predicted molar refractivity (Wildman–Crippen MR) is 82.0 cm³/mol. The van der Waals surface area contributed by atoms with Crippen molar-refractivity contribution in [2.75, 3.05) is 0 Å². The van der Waals surface area contributed by atoms with Gasteiger partial charge in [0.05, 0.1) is 22.7 Å². The molecule has 4 fully saturated rings. The summed E-state index contributed by atoms with van der Waals surface area (Å²) in [7, 11) is 0. The first-order valence-electron chi connectivity index (χ1n) is 8.82. The van der Waals surface area contributed by atoms with Gasteiger partial charge in [-0.3, -0.25) is 19.2 Å². The minimum absolute atomic E-state index is 0.0747. The highest BCUT2D eigenvalue weighted by atomic mass is 16.4. The van der Waals surface area contributed by atoms with Gasteiger partial charge in [0.2, 0.25) is 0 Å². The van der Waals surface area contributed by atoms with Crippen molar-refractivity contribution in [3.05, 3.63) is 11.1 Å². The summed E-state index contributed by atoms with van der Waals surface area (Å²) in [5.74, 6) is -8.02. The Kier molecular flexibility index (Phi) is 2.42. The number of allylic oxidation sites excluding steroid dienone is 2. The molecule has 0 aromatic heterocycles. The van der Waals surface area contributed by atoms with E-state index in [0.717, 1.165) is 11.1 Å². The molecule has 6 atom stereocenters. The van der Waals surface area contributed by atoms with Crippen LogP contribution in [0.3, 0.4) is 0 Å². The normalized spacial score (nSPS) is 49.5.